The van der Waals surface area contributed by atoms with E-state index >= 15 is 0 Å². The lowest BCUT2D eigenvalue weighted by atomic mass is 10.0. The van der Waals surface area contributed by atoms with Crippen LogP contribution >= 0.6 is 0 Å². The van der Waals surface area contributed by atoms with Crippen molar-refractivity contribution in [2.75, 3.05) is 37.6 Å². The second kappa shape index (κ2) is 7.84. The molecule has 1 fully saturated rings. The van der Waals surface area contributed by atoms with E-state index in [0.29, 0.717) is 5.92 Å². The van der Waals surface area contributed by atoms with Gasteiger partial charge in [0.1, 0.15) is 11.5 Å². The highest BCUT2D eigenvalue weighted by Crippen LogP contribution is 2.22. The van der Waals surface area contributed by atoms with Crippen LogP contribution in [0.2, 0.25) is 0 Å². The SMILES string of the molecule is Cc1cc(N2CCCN(CC[C@@H](C)c3ccc(C)o3)CC2)ccn1. The minimum Gasteiger partial charge on any atom is -0.466 e. The zero-order valence-electron chi connectivity index (χ0n) is 15.2. The number of hydrogen-bond acceptors (Lipinski definition) is 4. The fourth-order valence-corrected chi connectivity index (χ4v) is 3.42. The molecule has 0 bridgehead atoms. The first kappa shape index (κ1) is 17.0. The Kier molecular flexibility index (Phi) is 5.56. The molecule has 24 heavy (non-hydrogen) atoms. The van der Waals surface area contributed by atoms with Crippen LogP contribution in [0.4, 0.5) is 5.69 Å². The van der Waals surface area contributed by atoms with Gasteiger partial charge in [-0.05, 0) is 64.0 Å². The molecule has 0 N–H and O–H groups in total. The molecule has 1 saturated heterocycles. The van der Waals surface area contributed by atoms with E-state index in [1.54, 1.807) is 0 Å². The quantitative estimate of drug-likeness (QED) is 0.831. The number of aryl methyl sites for hydroxylation is 2. The Balaban J connectivity index is 1.50. The Morgan fingerprint density at radius 1 is 1.12 bits per heavy atom. The van der Waals surface area contributed by atoms with Crippen molar-refractivity contribution < 1.29 is 4.42 Å². The second-order valence-corrected chi connectivity index (χ2v) is 6.98. The molecular weight excluding hydrogens is 298 g/mol. The first-order chi connectivity index (χ1) is 11.6. The normalized spacial score (nSPS) is 17.7. The summed E-state index contributed by atoms with van der Waals surface area (Å²) in [5.41, 5.74) is 2.40. The van der Waals surface area contributed by atoms with Gasteiger partial charge in [0.25, 0.3) is 0 Å². The van der Waals surface area contributed by atoms with E-state index in [2.05, 4.69) is 52.9 Å². The van der Waals surface area contributed by atoms with Crippen LogP contribution in [0.3, 0.4) is 0 Å². The Bertz CT molecular complexity index is 652. The molecule has 4 heteroatoms. The summed E-state index contributed by atoms with van der Waals surface area (Å²) in [6.07, 6.45) is 4.29. The predicted octanol–water partition coefficient (Wildman–Crippen LogP) is 4.00. The standard InChI is InChI=1S/C20H29N3O/c1-16(20-6-5-18(3)24-20)8-12-22-10-4-11-23(14-13-22)19-7-9-21-17(2)15-19/h5-7,9,15-16H,4,8,10-14H2,1-3H3/t16-/m1/s1. The molecule has 1 aliphatic heterocycles. The van der Waals surface area contributed by atoms with Crippen molar-refractivity contribution in [2.45, 2.75) is 39.5 Å². The van der Waals surface area contributed by atoms with Gasteiger partial charge in [0.15, 0.2) is 0 Å². The highest BCUT2D eigenvalue weighted by atomic mass is 16.3. The van der Waals surface area contributed by atoms with E-state index in [9.17, 15) is 0 Å². The molecule has 0 aliphatic carbocycles. The van der Waals surface area contributed by atoms with E-state index in [0.717, 1.165) is 49.8 Å². The number of pyridine rings is 1. The molecule has 4 nitrogen and oxygen atoms in total. The lowest BCUT2D eigenvalue weighted by Gasteiger charge is -2.24. The highest BCUT2D eigenvalue weighted by Gasteiger charge is 2.17. The summed E-state index contributed by atoms with van der Waals surface area (Å²) >= 11 is 0. The van der Waals surface area contributed by atoms with E-state index in [1.807, 2.05) is 13.1 Å². The lowest BCUT2D eigenvalue weighted by molar-refractivity contribution is 0.277. The van der Waals surface area contributed by atoms with Crippen molar-refractivity contribution in [3.8, 4) is 0 Å². The fraction of sp³-hybridized carbons (Fsp3) is 0.550. The van der Waals surface area contributed by atoms with E-state index in [-0.39, 0.29) is 0 Å². The molecule has 1 atom stereocenters. The average molecular weight is 327 g/mol. The van der Waals surface area contributed by atoms with Crippen LogP contribution in [0.1, 0.15) is 42.9 Å². The van der Waals surface area contributed by atoms with Gasteiger partial charge in [-0.1, -0.05) is 6.92 Å². The van der Waals surface area contributed by atoms with Gasteiger partial charge in [0.05, 0.1) is 0 Å². The van der Waals surface area contributed by atoms with Crippen LogP contribution in [-0.2, 0) is 0 Å². The third kappa shape index (κ3) is 4.38. The molecule has 130 valence electrons. The Morgan fingerprint density at radius 2 is 2.00 bits per heavy atom. The predicted molar refractivity (Wildman–Crippen MR) is 98.7 cm³/mol. The van der Waals surface area contributed by atoms with Crippen molar-refractivity contribution in [3.63, 3.8) is 0 Å². The zero-order valence-corrected chi connectivity index (χ0v) is 15.2. The summed E-state index contributed by atoms with van der Waals surface area (Å²) in [7, 11) is 0. The third-order valence-corrected chi connectivity index (χ3v) is 4.96. The smallest absolute Gasteiger partial charge is 0.107 e. The molecule has 3 rings (SSSR count). The van der Waals surface area contributed by atoms with Gasteiger partial charge in [0, 0.05) is 43.1 Å². The number of rotatable bonds is 5. The lowest BCUT2D eigenvalue weighted by Crippen LogP contribution is -2.31. The fourth-order valence-electron chi connectivity index (χ4n) is 3.42. The molecule has 0 unspecified atom stereocenters. The summed E-state index contributed by atoms with van der Waals surface area (Å²) in [4.78, 5) is 9.40. The van der Waals surface area contributed by atoms with Gasteiger partial charge in [-0.15, -0.1) is 0 Å². The van der Waals surface area contributed by atoms with Crippen LogP contribution in [0.15, 0.2) is 34.9 Å². The second-order valence-electron chi connectivity index (χ2n) is 6.98. The van der Waals surface area contributed by atoms with Crippen molar-refractivity contribution in [1.82, 2.24) is 9.88 Å². The topological polar surface area (TPSA) is 32.5 Å². The van der Waals surface area contributed by atoms with Crippen molar-refractivity contribution in [3.05, 3.63) is 47.7 Å². The first-order valence-electron chi connectivity index (χ1n) is 9.08. The van der Waals surface area contributed by atoms with Gasteiger partial charge in [0.2, 0.25) is 0 Å². The number of nitrogens with zero attached hydrogens (tertiary/aromatic N) is 3. The molecular formula is C20H29N3O. The molecule has 2 aromatic heterocycles. The molecule has 0 saturated carbocycles. The monoisotopic (exact) mass is 327 g/mol. The van der Waals surface area contributed by atoms with E-state index < -0.39 is 0 Å². The summed E-state index contributed by atoms with van der Waals surface area (Å²) < 4.78 is 5.76. The number of furan rings is 1. The van der Waals surface area contributed by atoms with Gasteiger partial charge < -0.3 is 14.2 Å². The molecule has 0 spiro atoms. The van der Waals surface area contributed by atoms with E-state index in [4.69, 9.17) is 4.42 Å². The highest BCUT2D eigenvalue weighted by molar-refractivity contribution is 5.46. The Labute approximate surface area is 145 Å². The number of aromatic nitrogens is 1. The average Bonchev–Trinajstić information content (AvgIpc) is 2.87. The summed E-state index contributed by atoms with van der Waals surface area (Å²) in [5.74, 6) is 2.62. The molecule has 3 heterocycles. The van der Waals surface area contributed by atoms with Crippen LogP contribution in [0, 0.1) is 13.8 Å². The van der Waals surface area contributed by atoms with Gasteiger partial charge >= 0.3 is 0 Å². The minimum absolute atomic E-state index is 0.487. The summed E-state index contributed by atoms with van der Waals surface area (Å²) in [6.45, 7) is 12.0. The summed E-state index contributed by atoms with van der Waals surface area (Å²) in [6, 6.07) is 8.50. The van der Waals surface area contributed by atoms with Crippen LogP contribution in [0.5, 0.6) is 0 Å². The van der Waals surface area contributed by atoms with Gasteiger partial charge in [-0.25, -0.2) is 0 Å². The van der Waals surface area contributed by atoms with Crippen LogP contribution in [-0.4, -0.2) is 42.6 Å². The zero-order chi connectivity index (χ0) is 16.9. The maximum absolute atomic E-state index is 5.76. The maximum atomic E-state index is 5.76. The van der Waals surface area contributed by atoms with Gasteiger partial charge in [-0.3, -0.25) is 4.98 Å². The Hall–Kier alpha value is -1.81. The van der Waals surface area contributed by atoms with E-state index in [1.165, 1.54) is 18.7 Å². The third-order valence-electron chi connectivity index (χ3n) is 4.96. The number of anilines is 1. The molecule has 0 amide bonds. The van der Waals surface area contributed by atoms with Crippen LogP contribution in [0.25, 0.3) is 0 Å². The molecule has 2 aromatic rings. The number of hydrogen-bond donors (Lipinski definition) is 0. The molecule has 0 radical (unpaired) electrons. The Morgan fingerprint density at radius 3 is 2.75 bits per heavy atom. The van der Waals surface area contributed by atoms with Crippen molar-refractivity contribution in [1.29, 1.82) is 0 Å². The van der Waals surface area contributed by atoms with Crippen LogP contribution < -0.4 is 4.90 Å². The van der Waals surface area contributed by atoms with Crippen molar-refractivity contribution in [2.24, 2.45) is 0 Å². The maximum Gasteiger partial charge on any atom is 0.107 e. The first-order valence-corrected chi connectivity index (χ1v) is 9.08. The summed E-state index contributed by atoms with van der Waals surface area (Å²) in [5, 5.41) is 0. The molecule has 0 aromatic carbocycles. The van der Waals surface area contributed by atoms with Gasteiger partial charge in [-0.2, -0.15) is 0 Å². The minimum atomic E-state index is 0.487. The molecule has 1 aliphatic rings. The van der Waals surface area contributed by atoms with Crippen molar-refractivity contribution >= 4 is 5.69 Å². The largest absolute Gasteiger partial charge is 0.466 e.